The number of hydrogen-bond acceptors (Lipinski definition) is 4. The number of pyridine rings is 1. The standard InChI is InChI=1S/C19H18FN3O2.C2HF3O2/c20-14-4-3-5-15(10-14)23-13-19(11-17(23)24)7-9-22(12-19)18(25)16-6-1-2-8-21-16;3-2(4,5)1(6)7/h1-6,8,10H,7,9,11-13H2;(H,6,7). The molecule has 0 saturated carbocycles. The van der Waals surface area contributed by atoms with Crippen molar-refractivity contribution in [2.45, 2.75) is 19.0 Å². The van der Waals surface area contributed by atoms with Crippen LogP contribution in [0.15, 0.2) is 48.7 Å². The number of aliphatic carboxylic acids is 1. The zero-order valence-electron chi connectivity index (χ0n) is 16.7. The normalized spacial score (nSPS) is 20.3. The van der Waals surface area contributed by atoms with E-state index in [-0.39, 0.29) is 23.0 Å². The average molecular weight is 453 g/mol. The third kappa shape index (κ3) is 5.21. The number of aromatic nitrogens is 1. The number of carboxylic acid groups (broad SMARTS) is 1. The number of carbonyl (C=O) groups excluding carboxylic acids is 2. The minimum absolute atomic E-state index is 0.0160. The summed E-state index contributed by atoms with van der Waals surface area (Å²) in [5.74, 6) is -3.23. The van der Waals surface area contributed by atoms with Crippen LogP contribution in [0.2, 0.25) is 0 Å². The smallest absolute Gasteiger partial charge is 0.475 e. The molecule has 1 aromatic carbocycles. The number of rotatable bonds is 2. The second-order valence-electron chi connectivity index (χ2n) is 7.63. The van der Waals surface area contributed by atoms with Crippen molar-refractivity contribution < 1.29 is 37.1 Å². The van der Waals surface area contributed by atoms with Gasteiger partial charge in [0.2, 0.25) is 5.91 Å². The molecule has 1 unspecified atom stereocenters. The van der Waals surface area contributed by atoms with Crippen molar-refractivity contribution in [2.24, 2.45) is 5.41 Å². The van der Waals surface area contributed by atoms with E-state index in [1.807, 2.05) is 0 Å². The summed E-state index contributed by atoms with van der Waals surface area (Å²) in [5.41, 5.74) is 0.746. The first-order chi connectivity index (χ1) is 15.0. The number of anilines is 1. The number of halogens is 4. The Labute approximate surface area is 180 Å². The van der Waals surface area contributed by atoms with Gasteiger partial charge in [-0.2, -0.15) is 13.2 Å². The number of amides is 2. The van der Waals surface area contributed by atoms with Crippen LogP contribution < -0.4 is 4.90 Å². The highest BCUT2D eigenvalue weighted by Gasteiger charge is 2.49. The Kier molecular flexibility index (Phi) is 6.47. The predicted molar refractivity (Wildman–Crippen MR) is 104 cm³/mol. The lowest BCUT2D eigenvalue weighted by Gasteiger charge is -2.24. The molecule has 1 atom stereocenters. The highest BCUT2D eigenvalue weighted by atomic mass is 19.4. The Bertz CT molecular complexity index is 1020. The number of likely N-dealkylation sites (tertiary alicyclic amines) is 1. The fraction of sp³-hybridized carbons (Fsp3) is 0.333. The highest BCUT2D eigenvalue weighted by Crippen LogP contribution is 2.42. The minimum Gasteiger partial charge on any atom is -0.475 e. The molecule has 0 radical (unpaired) electrons. The molecule has 4 rings (SSSR count). The number of hydrogen-bond donors (Lipinski definition) is 1. The van der Waals surface area contributed by atoms with Gasteiger partial charge in [0, 0.05) is 43.4 Å². The molecule has 2 fully saturated rings. The van der Waals surface area contributed by atoms with Gasteiger partial charge in [-0.3, -0.25) is 14.6 Å². The van der Waals surface area contributed by atoms with Gasteiger partial charge in [-0.1, -0.05) is 12.1 Å². The second-order valence-corrected chi connectivity index (χ2v) is 7.63. The molecule has 0 aliphatic carbocycles. The summed E-state index contributed by atoms with van der Waals surface area (Å²) >= 11 is 0. The molecule has 0 bridgehead atoms. The van der Waals surface area contributed by atoms with Gasteiger partial charge in [0.15, 0.2) is 0 Å². The molecule has 32 heavy (non-hydrogen) atoms. The first kappa shape index (κ1) is 23.2. The van der Waals surface area contributed by atoms with E-state index in [2.05, 4.69) is 4.98 Å². The van der Waals surface area contributed by atoms with Crippen molar-refractivity contribution in [2.75, 3.05) is 24.5 Å². The van der Waals surface area contributed by atoms with Crippen LogP contribution in [0.5, 0.6) is 0 Å². The van der Waals surface area contributed by atoms with E-state index in [1.54, 1.807) is 46.3 Å². The molecule has 170 valence electrons. The molecule has 7 nitrogen and oxygen atoms in total. The van der Waals surface area contributed by atoms with E-state index in [4.69, 9.17) is 9.90 Å². The lowest BCUT2D eigenvalue weighted by Crippen LogP contribution is -2.34. The fourth-order valence-electron chi connectivity index (χ4n) is 3.81. The van der Waals surface area contributed by atoms with Crippen molar-refractivity contribution in [3.63, 3.8) is 0 Å². The summed E-state index contributed by atoms with van der Waals surface area (Å²) in [6, 6.07) is 11.4. The first-order valence-electron chi connectivity index (χ1n) is 9.57. The number of benzene rings is 1. The van der Waals surface area contributed by atoms with Gasteiger partial charge in [-0.15, -0.1) is 0 Å². The summed E-state index contributed by atoms with van der Waals surface area (Å²) in [7, 11) is 0. The van der Waals surface area contributed by atoms with E-state index in [9.17, 15) is 27.2 Å². The van der Waals surface area contributed by atoms with Gasteiger partial charge in [0.1, 0.15) is 11.5 Å². The Morgan fingerprint density at radius 3 is 2.41 bits per heavy atom. The van der Waals surface area contributed by atoms with Crippen LogP contribution in [-0.2, 0) is 9.59 Å². The molecule has 1 spiro atoms. The lowest BCUT2D eigenvalue weighted by atomic mass is 9.86. The number of carboxylic acids is 1. The van der Waals surface area contributed by atoms with Gasteiger partial charge < -0.3 is 14.9 Å². The molecule has 1 aromatic heterocycles. The third-order valence-corrected chi connectivity index (χ3v) is 5.29. The average Bonchev–Trinajstić information content (AvgIpc) is 3.30. The van der Waals surface area contributed by atoms with Crippen molar-refractivity contribution in [1.29, 1.82) is 0 Å². The molecule has 1 N–H and O–H groups in total. The van der Waals surface area contributed by atoms with Crippen LogP contribution >= 0.6 is 0 Å². The van der Waals surface area contributed by atoms with Crippen molar-refractivity contribution in [3.8, 4) is 0 Å². The molecule has 2 aromatic rings. The number of carbonyl (C=O) groups is 3. The Hall–Kier alpha value is -3.50. The van der Waals surface area contributed by atoms with Crippen LogP contribution in [0.3, 0.4) is 0 Å². The van der Waals surface area contributed by atoms with Crippen molar-refractivity contribution in [1.82, 2.24) is 9.88 Å². The summed E-state index contributed by atoms with van der Waals surface area (Å²) < 4.78 is 45.2. The number of alkyl halides is 3. The second kappa shape index (κ2) is 8.93. The Morgan fingerprint density at radius 1 is 1.09 bits per heavy atom. The SMILES string of the molecule is O=C(O)C(F)(F)F.O=C(c1ccccn1)N1CCC2(CC(=O)N(c3cccc(F)c3)C2)C1. The molecular formula is C21H19F4N3O4. The van der Waals surface area contributed by atoms with Gasteiger partial charge in [-0.25, -0.2) is 9.18 Å². The van der Waals surface area contributed by atoms with Gasteiger partial charge >= 0.3 is 12.1 Å². The first-order valence-corrected chi connectivity index (χ1v) is 9.57. The molecule has 3 heterocycles. The summed E-state index contributed by atoms with van der Waals surface area (Å²) in [6.07, 6.45) is -2.33. The zero-order chi connectivity index (χ0) is 23.5. The monoisotopic (exact) mass is 453 g/mol. The molecule has 2 saturated heterocycles. The molecular weight excluding hydrogens is 434 g/mol. The quantitative estimate of drug-likeness (QED) is 0.706. The molecule has 2 aliphatic rings. The van der Waals surface area contributed by atoms with E-state index < -0.39 is 12.1 Å². The summed E-state index contributed by atoms with van der Waals surface area (Å²) in [5, 5.41) is 7.12. The van der Waals surface area contributed by atoms with Gasteiger partial charge in [-0.05, 0) is 36.8 Å². The maximum atomic E-state index is 13.5. The maximum Gasteiger partial charge on any atom is 0.490 e. The van der Waals surface area contributed by atoms with Crippen LogP contribution in [0, 0.1) is 11.2 Å². The molecule has 2 aliphatic heterocycles. The minimum atomic E-state index is -5.08. The van der Waals surface area contributed by atoms with Gasteiger partial charge in [0.25, 0.3) is 5.91 Å². The highest BCUT2D eigenvalue weighted by molar-refractivity contribution is 5.97. The maximum absolute atomic E-state index is 13.5. The van der Waals surface area contributed by atoms with Gasteiger partial charge in [0.05, 0.1) is 0 Å². The van der Waals surface area contributed by atoms with Crippen molar-refractivity contribution >= 4 is 23.5 Å². The largest absolute Gasteiger partial charge is 0.490 e. The summed E-state index contributed by atoms with van der Waals surface area (Å²) in [6.45, 7) is 1.65. The topological polar surface area (TPSA) is 90.8 Å². The van der Waals surface area contributed by atoms with E-state index in [0.717, 1.165) is 6.42 Å². The lowest BCUT2D eigenvalue weighted by molar-refractivity contribution is -0.192. The van der Waals surface area contributed by atoms with E-state index in [0.29, 0.717) is 37.4 Å². The Morgan fingerprint density at radius 2 is 1.81 bits per heavy atom. The van der Waals surface area contributed by atoms with Crippen LogP contribution in [0.25, 0.3) is 0 Å². The van der Waals surface area contributed by atoms with Crippen LogP contribution in [0.1, 0.15) is 23.3 Å². The fourth-order valence-corrected chi connectivity index (χ4v) is 3.81. The zero-order valence-corrected chi connectivity index (χ0v) is 16.7. The molecule has 2 amide bonds. The van der Waals surface area contributed by atoms with Crippen LogP contribution in [0.4, 0.5) is 23.2 Å². The third-order valence-electron chi connectivity index (χ3n) is 5.29. The number of nitrogens with zero attached hydrogens (tertiary/aromatic N) is 3. The van der Waals surface area contributed by atoms with E-state index in [1.165, 1.54) is 12.1 Å². The summed E-state index contributed by atoms with van der Waals surface area (Å²) in [4.78, 5) is 41.5. The van der Waals surface area contributed by atoms with E-state index >= 15 is 0 Å². The van der Waals surface area contributed by atoms with Crippen LogP contribution in [-0.4, -0.2) is 58.6 Å². The predicted octanol–water partition coefficient (Wildman–Crippen LogP) is 3.12. The Balaban J connectivity index is 0.000000360. The van der Waals surface area contributed by atoms with Crippen molar-refractivity contribution in [3.05, 3.63) is 60.2 Å². The molecule has 11 heteroatoms.